The van der Waals surface area contributed by atoms with E-state index in [1.807, 2.05) is 6.07 Å². The van der Waals surface area contributed by atoms with Crippen LogP contribution in [0.2, 0.25) is 0 Å². The Labute approximate surface area is 156 Å². The van der Waals surface area contributed by atoms with Crippen molar-refractivity contribution < 1.29 is 19.9 Å². The quantitative estimate of drug-likeness (QED) is 0.252. The van der Waals surface area contributed by atoms with Crippen molar-refractivity contribution in [3.05, 3.63) is 35.9 Å². The molecule has 0 aromatic heterocycles. The fraction of sp³-hybridized carbons (Fsp3) is 0.600. The number of aliphatic carboxylic acids is 1. The van der Waals surface area contributed by atoms with Crippen molar-refractivity contribution in [1.82, 2.24) is 10.4 Å². The zero-order valence-corrected chi connectivity index (χ0v) is 15.5. The molecule has 3 N–H and O–H groups in total. The smallest absolute Gasteiger partial charge is 0.305 e. The Hall–Kier alpha value is -1.92. The SMILES string of the molecule is O=C(O)CCN(O)C(=O)CCCCCCCCNCCc1ccccc1. The number of benzene rings is 1. The number of rotatable bonds is 15. The molecule has 146 valence electrons. The van der Waals surface area contributed by atoms with Gasteiger partial charge in [0.2, 0.25) is 5.91 Å². The first-order valence-electron chi connectivity index (χ1n) is 9.55. The summed E-state index contributed by atoms with van der Waals surface area (Å²) in [6, 6.07) is 10.5. The van der Waals surface area contributed by atoms with Crippen LogP contribution in [0.5, 0.6) is 0 Å². The molecule has 6 nitrogen and oxygen atoms in total. The van der Waals surface area contributed by atoms with Crippen LogP contribution in [0.25, 0.3) is 0 Å². The molecule has 0 unspecified atom stereocenters. The number of hydrogen-bond donors (Lipinski definition) is 3. The molecule has 0 atom stereocenters. The molecule has 6 heteroatoms. The van der Waals surface area contributed by atoms with E-state index in [0.29, 0.717) is 5.06 Å². The maximum Gasteiger partial charge on any atom is 0.305 e. The third kappa shape index (κ3) is 11.6. The lowest BCUT2D eigenvalue weighted by Gasteiger charge is -2.13. The first-order valence-corrected chi connectivity index (χ1v) is 9.55. The van der Waals surface area contributed by atoms with Crippen LogP contribution in [0.3, 0.4) is 0 Å². The number of unbranched alkanes of at least 4 members (excludes halogenated alkanes) is 5. The van der Waals surface area contributed by atoms with Crippen LogP contribution in [-0.2, 0) is 16.0 Å². The summed E-state index contributed by atoms with van der Waals surface area (Å²) in [5.41, 5.74) is 1.36. The van der Waals surface area contributed by atoms with E-state index in [0.717, 1.165) is 51.6 Å². The van der Waals surface area contributed by atoms with Crippen LogP contribution >= 0.6 is 0 Å². The summed E-state index contributed by atoms with van der Waals surface area (Å²) < 4.78 is 0. The van der Waals surface area contributed by atoms with Crippen molar-refractivity contribution in [2.45, 2.75) is 57.8 Å². The van der Waals surface area contributed by atoms with Gasteiger partial charge in [0.1, 0.15) is 0 Å². The van der Waals surface area contributed by atoms with Gasteiger partial charge in [0.15, 0.2) is 0 Å². The lowest BCUT2D eigenvalue weighted by Crippen LogP contribution is -2.29. The van der Waals surface area contributed by atoms with Crippen molar-refractivity contribution in [3.63, 3.8) is 0 Å². The molecular weight excluding hydrogens is 332 g/mol. The van der Waals surface area contributed by atoms with E-state index in [4.69, 9.17) is 5.11 Å². The van der Waals surface area contributed by atoms with E-state index in [9.17, 15) is 14.8 Å². The molecule has 0 aliphatic carbocycles. The summed E-state index contributed by atoms with van der Waals surface area (Å²) in [4.78, 5) is 21.9. The van der Waals surface area contributed by atoms with E-state index in [1.54, 1.807) is 0 Å². The summed E-state index contributed by atoms with van der Waals surface area (Å²) in [6.07, 6.45) is 7.36. The summed E-state index contributed by atoms with van der Waals surface area (Å²) >= 11 is 0. The lowest BCUT2D eigenvalue weighted by molar-refractivity contribution is -0.167. The highest BCUT2D eigenvalue weighted by Gasteiger charge is 2.11. The van der Waals surface area contributed by atoms with Gasteiger partial charge < -0.3 is 10.4 Å². The lowest BCUT2D eigenvalue weighted by atomic mass is 10.1. The van der Waals surface area contributed by atoms with Crippen LogP contribution in [0, 0.1) is 0 Å². The number of nitrogens with zero attached hydrogens (tertiary/aromatic N) is 1. The zero-order chi connectivity index (χ0) is 19.0. The second kappa shape index (κ2) is 14.3. The van der Waals surface area contributed by atoms with Crippen LogP contribution in [0.1, 0.15) is 56.9 Å². The molecule has 0 saturated carbocycles. The molecule has 0 fully saturated rings. The molecule has 26 heavy (non-hydrogen) atoms. The molecular formula is C20H32N2O4. The Balaban J connectivity index is 1.85. The third-order valence-corrected chi connectivity index (χ3v) is 4.25. The topological polar surface area (TPSA) is 89.9 Å². The first-order chi connectivity index (χ1) is 12.6. The minimum Gasteiger partial charge on any atom is -0.481 e. The highest BCUT2D eigenvalue weighted by Crippen LogP contribution is 2.08. The van der Waals surface area contributed by atoms with Gasteiger partial charge in [-0.15, -0.1) is 0 Å². The summed E-state index contributed by atoms with van der Waals surface area (Å²) in [5.74, 6) is -1.42. The van der Waals surface area contributed by atoms with Crippen molar-refractivity contribution >= 4 is 11.9 Å². The van der Waals surface area contributed by atoms with Gasteiger partial charge in [0.05, 0.1) is 13.0 Å². The van der Waals surface area contributed by atoms with Crippen LogP contribution < -0.4 is 5.32 Å². The number of carboxylic acid groups (broad SMARTS) is 1. The number of amides is 1. The number of carboxylic acids is 1. The largest absolute Gasteiger partial charge is 0.481 e. The second-order valence-electron chi connectivity index (χ2n) is 6.52. The summed E-state index contributed by atoms with van der Waals surface area (Å²) in [7, 11) is 0. The monoisotopic (exact) mass is 364 g/mol. The fourth-order valence-electron chi connectivity index (χ4n) is 2.69. The van der Waals surface area contributed by atoms with Crippen molar-refractivity contribution in [2.24, 2.45) is 0 Å². The number of carbonyl (C=O) groups excluding carboxylic acids is 1. The van der Waals surface area contributed by atoms with Crippen LogP contribution in [-0.4, -0.2) is 46.9 Å². The molecule has 1 aromatic carbocycles. The van der Waals surface area contributed by atoms with Gasteiger partial charge in [0, 0.05) is 6.42 Å². The predicted octanol–water partition coefficient (Wildman–Crippen LogP) is 3.24. The molecule has 0 bridgehead atoms. The second-order valence-corrected chi connectivity index (χ2v) is 6.52. The molecule has 0 saturated heterocycles. The molecule has 1 aromatic rings. The van der Waals surface area contributed by atoms with Crippen LogP contribution in [0.4, 0.5) is 0 Å². The Morgan fingerprint density at radius 2 is 1.54 bits per heavy atom. The average molecular weight is 364 g/mol. The molecule has 1 rings (SSSR count). The highest BCUT2D eigenvalue weighted by molar-refractivity contribution is 5.75. The minimum absolute atomic E-state index is 0.147. The van der Waals surface area contributed by atoms with Crippen molar-refractivity contribution in [1.29, 1.82) is 0 Å². The Morgan fingerprint density at radius 1 is 0.885 bits per heavy atom. The third-order valence-electron chi connectivity index (χ3n) is 4.25. The summed E-state index contributed by atoms with van der Waals surface area (Å²) in [6.45, 7) is 1.89. The van der Waals surface area contributed by atoms with E-state index in [1.165, 1.54) is 12.0 Å². The Bertz CT molecular complexity index is 508. The number of hydrogen-bond acceptors (Lipinski definition) is 4. The van der Waals surface area contributed by atoms with Gasteiger partial charge in [-0.2, -0.15) is 0 Å². The first kappa shape index (κ1) is 22.1. The van der Waals surface area contributed by atoms with Gasteiger partial charge in [-0.05, 0) is 37.9 Å². The molecule has 1 amide bonds. The van der Waals surface area contributed by atoms with Gasteiger partial charge in [-0.3, -0.25) is 14.8 Å². The normalized spacial score (nSPS) is 10.7. The molecule has 0 aliphatic rings. The molecule has 0 aliphatic heterocycles. The van der Waals surface area contributed by atoms with Crippen molar-refractivity contribution in [2.75, 3.05) is 19.6 Å². The van der Waals surface area contributed by atoms with Gasteiger partial charge in [-0.25, -0.2) is 5.06 Å². The number of nitrogens with one attached hydrogen (secondary N) is 1. The molecule has 0 spiro atoms. The van der Waals surface area contributed by atoms with E-state index in [-0.39, 0.29) is 19.4 Å². The average Bonchev–Trinajstić information content (AvgIpc) is 2.64. The number of hydroxylamine groups is 2. The highest BCUT2D eigenvalue weighted by atomic mass is 16.5. The van der Waals surface area contributed by atoms with Gasteiger partial charge in [0.25, 0.3) is 0 Å². The zero-order valence-electron chi connectivity index (χ0n) is 15.5. The van der Waals surface area contributed by atoms with E-state index in [2.05, 4.69) is 29.6 Å². The minimum atomic E-state index is -1.02. The molecule has 0 radical (unpaired) electrons. The maximum absolute atomic E-state index is 11.6. The van der Waals surface area contributed by atoms with Gasteiger partial charge >= 0.3 is 5.97 Å². The Kier molecular flexibility index (Phi) is 12.1. The van der Waals surface area contributed by atoms with Crippen molar-refractivity contribution in [3.8, 4) is 0 Å². The van der Waals surface area contributed by atoms with Gasteiger partial charge in [-0.1, -0.05) is 56.0 Å². The number of carbonyl (C=O) groups is 2. The Morgan fingerprint density at radius 3 is 2.23 bits per heavy atom. The fourth-order valence-corrected chi connectivity index (χ4v) is 2.69. The molecule has 0 heterocycles. The standard InChI is InChI=1S/C20H32N2O4/c23-19(22(26)17-14-20(24)25)12-8-3-1-2-4-9-15-21-16-13-18-10-6-5-7-11-18/h5-7,10-11,21,26H,1-4,8-9,12-17H2,(H,24,25). The predicted molar refractivity (Wildman–Crippen MR) is 101 cm³/mol. The van der Waals surface area contributed by atoms with Crippen LogP contribution in [0.15, 0.2) is 30.3 Å². The summed E-state index contributed by atoms with van der Waals surface area (Å²) in [5, 5.41) is 21.9. The maximum atomic E-state index is 11.6. The van der Waals surface area contributed by atoms with E-state index >= 15 is 0 Å². The van der Waals surface area contributed by atoms with E-state index < -0.39 is 11.9 Å².